The second-order valence-electron chi connectivity index (χ2n) is 7.03. The van der Waals surface area contributed by atoms with Crippen molar-refractivity contribution in [2.45, 2.75) is 33.6 Å². The first-order valence-corrected chi connectivity index (χ1v) is 8.10. The highest BCUT2D eigenvalue weighted by Gasteiger charge is 2.37. The smallest absolute Gasteiger partial charge is 0.311 e. The number of hydrogen-bond donors (Lipinski definition) is 2. The summed E-state index contributed by atoms with van der Waals surface area (Å²) in [5, 5.41) is 19.6. The third-order valence-electron chi connectivity index (χ3n) is 4.10. The van der Waals surface area contributed by atoms with Crippen molar-refractivity contribution in [3.63, 3.8) is 0 Å². The number of nitrogens with zero attached hydrogens (tertiary/aromatic N) is 1. The lowest BCUT2D eigenvalue weighted by molar-refractivity contribution is -0.141. The highest BCUT2D eigenvalue weighted by molar-refractivity contribution is 6.31. The molecule has 0 radical (unpaired) electrons. The van der Waals surface area contributed by atoms with E-state index in [1.807, 2.05) is 0 Å². The third kappa shape index (κ3) is 3.59. The largest absolute Gasteiger partial charge is 0.481 e. The van der Waals surface area contributed by atoms with Crippen molar-refractivity contribution in [2.75, 3.05) is 0 Å². The fourth-order valence-electron chi connectivity index (χ4n) is 3.03. The average Bonchev–Trinajstić information content (AvgIpc) is 2.49. The van der Waals surface area contributed by atoms with Gasteiger partial charge in [-0.2, -0.15) is 5.26 Å². The zero-order valence-corrected chi connectivity index (χ0v) is 15.2. The molecule has 1 aromatic carbocycles. The summed E-state index contributed by atoms with van der Waals surface area (Å²) in [6.07, 6.45) is 1.52. The summed E-state index contributed by atoms with van der Waals surface area (Å²) in [6, 6.07) is 6.83. The molecule has 2 aromatic rings. The molecule has 2 rings (SSSR count). The molecule has 0 bridgehead atoms. The topological polar surface area (TPSA) is 93.9 Å². The van der Waals surface area contributed by atoms with E-state index in [4.69, 9.17) is 11.6 Å². The van der Waals surface area contributed by atoms with Crippen LogP contribution in [-0.2, 0) is 4.79 Å². The number of nitriles is 1. The average molecular weight is 359 g/mol. The van der Waals surface area contributed by atoms with Gasteiger partial charge in [0.15, 0.2) is 0 Å². The van der Waals surface area contributed by atoms with Crippen LogP contribution in [0.2, 0.25) is 5.02 Å². The first-order chi connectivity index (χ1) is 11.6. The molecule has 0 aliphatic rings. The number of rotatable bonds is 3. The van der Waals surface area contributed by atoms with Crippen molar-refractivity contribution in [3.05, 3.63) is 56.5 Å². The van der Waals surface area contributed by atoms with E-state index >= 15 is 0 Å². The summed E-state index contributed by atoms with van der Waals surface area (Å²) in [6.45, 7) is 7.06. The molecular formula is C19H19ClN2O3. The summed E-state index contributed by atoms with van der Waals surface area (Å²) < 4.78 is 0. The first kappa shape index (κ1) is 18.8. The molecule has 1 aromatic heterocycles. The maximum atomic E-state index is 12.6. The Morgan fingerprint density at radius 2 is 2.00 bits per heavy atom. The van der Waals surface area contributed by atoms with Gasteiger partial charge in [0.2, 0.25) is 0 Å². The first-order valence-electron chi connectivity index (χ1n) is 7.73. The molecule has 1 heterocycles. The fourth-order valence-corrected chi connectivity index (χ4v) is 3.20. The van der Waals surface area contributed by atoms with Gasteiger partial charge in [-0.05, 0) is 41.7 Å². The van der Waals surface area contributed by atoms with E-state index in [0.717, 1.165) is 0 Å². The minimum absolute atomic E-state index is 0.138. The quantitative estimate of drug-likeness (QED) is 0.863. The zero-order valence-electron chi connectivity index (χ0n) is 14.5. The Balaban J connectivity index is 2.97. The van der Waals surface area contributed by atoms with Crippen molar-refractivity contribution in [1.29, 1.82) is 5.26 Å². The molecule has 0 saturated carbocycles. The van der Waals surface area contributed by atoms with Crippen LogP contribution in [0, 0.1) is 23.7 Å². The van der Waals surface area contributed by atoms with Gasteiger partial charge in [0.05, 0.1) is 17.6 Å². The Bertz CT molecular complexity index is 933. The number of H-pyrrole nitrogens is 1. The number of halogens is 1. The molecule has 6 heteroatoms. The van der Waals surface area contributed by atoms with Gasteiger partial charge in [-0.15, -0.1) is 0 Å². The van der Waals surface area contributed by atoms with Crippen LogP contribution in [0.1, 0.15) is 43.4 Å². The molecule has 130 valence electrons. The van der Waals surface area contributed by atoms with Crippen molar-refractivity contribution in [1.82, 2.24) is 4.98 Å². The van der Waals surface area contributed by atoms with E-state index in [1.54, 1.807) is 45.9 Å². The van der Waals surface area contributed by atoms with E-state index in [0.29, 0.717) is 27.3 Å². The monoisotopic (exact) mass is 358 g/mol. The van der Waals surface area contributed by atoms with E-state index < -0.39 is 22.9 Å². The molecule has 0 amide bonds. The molecule has 0 fully saturated rings. The van der Waals surface area contributed by atoms with Gasteiger partial charge in [-0.1, -0.05) is 32.4 Å². The summed E-state index contributed by atoms with van der Waals surface area (Å²) in [4.78, 5) is 27.2. The van der Waals surface area contributed by atoms with Gasteiger partial charge in [0.1, 0.15) is 0 Å². The Kier molecular flexibility index (Phi) is 5.05. The number of carboxylic acid groups (broad SMARTS) is 1. The number of aryl methyl sites for hydroxylation is 1. The van der Waals surface area contributed by atoms with Gasteiger partial charge in [-0.3, -0.25) is 9.59 Å². The molecule has 2 N–H and O–H groups in total. The van der Waals surface area contributed by atoms with Crippen LogP contribution in [0.3, 0.4) is 0 Å². The van der Waals surface area contributed by atoms with Gasteiger partial charge in [-0.25, -0.2) is 0 Å². The number of nitrogens with one attached hydrogen (secondary N) is 1. The van der Waals surface area contributed by atoms with Crippen molar-refractivity contribution in [2.24, 2.45) is 5.41 Å². The van der Waals surface area contributed by atoms with Gasteiger partial charge in [0, 0.05) is 22.3 Å². The molecule has 25 heavy (non-hydrogen) atoms. The predicted molar refractivity (Wildman–Crippen MR) is 96.8 cm³/mol. The lowest BCUT2D eigenvalue weighted by Gasteiger charge is -2.29. The van der Waals surface area contributed by atoms with E-state index in [2.05, 4.69) is 11.1 Å². The van der Waals surface area contributed by atoms with Crippen LogP contribution in [0.4, 0.5) is 0 Å². The summed E-state index contributed by atoms with van der Waals surface area (Å²) in [5.41, 5.74) is 0.869. The van der Waals surface area contributed by atoms with Gasteiger partial charge in [0.25, 0.3) is 5.56 Å². The Morgan fingerprint density at radius 3 is 2.52 bits per heavy atom. The molecule has 0 aliphatic heterocycles. The lowest BCUT2D eigenvalue weighted by Crippen LogP contribution is -2.32. The second-order valence-corrected chi connectivity index (χ2v) is 7.46. The number of aliphatic carboxylic acids is 1. The third-order valence-corrected chi connectivity index (χ3v) is 4.34. The molecule has 0 spiro atoms. The number of aromatic amines is 1. The molecule has 0 aliphatic carbocycles. The number of hydrogen-bond acceptors (Lipinski definition) is 3. The Labute approximate surface area is 150 Å². The normalized spacial score (nSPS) is 12.5. The van der Waals surface area contributed by atoms with Crippen molar-refractivity contribution >= 4 is 17.6 Å². The number of pyridine rings is 1. The van der Waals surface area contributed by atoms with Crippen molar-refractivity contribution < 1.29 is 9.90 Å². The fraction of sp³-hybridized carbons (Fsp3) is 0.316. The minimum Gasteiger partial charge on any atom is -0.481 e. The summed E-state index contributed by atoms with van der Waals surface area (Å²) >= 11 is 6.09. The highest BCUT2D eigenvalue weighted by Crippen LogP contribution is 2.40. The molecule has 5 nitrogen and oxygen atoms in total. The number of benzene rings is 1. The zero-order chi connectivity index (χ0) is 18.9. The minimum atomic E-state index is -1.09. The van der Waals surface area contributed by atoms with Crippen LogP contribution >= 0.6 is 11.6 Å². The van der Waals surface area contributed by atoms with E-state index in [9.17, 15) is 20.0 Å². The standard InChI is InChI=1S/C19H19ClN2O3/c1-10-9-22-17(23)15(16(18(24)25)19(2,3)4)14(10)13-7-12(20)6-5-11(13)8-21/h5-7,9,16H,1-4H3,(H,22,23)(H,24,25). The summed E-state index contributed by atoms with van der Waals surface area (Å²) in [5.74, 6) is -2.14. The van der Waals surface area contributed by atoms with Crippen LogP contribution in [0.25, 0.3) is 11.1 Å². The number of carbonyl (C=O) groups is 1. The van der Waals surface area contributed by atoms with Crippen molar-refractivity contribution in [3.8, 4) is 17.2 Å². The number of aromatic nitrogens is 1. The highest BCUT2D eigenvalue weighted by atomic mass is 35.5. The van der Waals surface area contributed by atoms with E-state index in [-0.39, 0.29) is 5.56 Å². The summed E-state index contributed by atoms with van der Waals surface area (Å²) in [7, 11) is 0. The van der Waals surface area contributed by atoms with Crippen LogP contribution < -0.4 is 5.56 Å². The molecule has 1 unspecified atom stereocenters. The van der Waals surface area contributed by atoms with Gasteiger partial charge < -0.3 is 10.1 Å². The Hall–Kier alpha value is -2.58. The van der Waals surface area contributed by atoms with E-state index in [1.165, 1.54) is 6.20 Å². The predicted octanol–water partition coefficient (Wildman–Crippen LogP) is 4.09. The lowest BCUT2D eigenvalue weighted by atomic mass is 9.74. The maximum absolute atomic E-state index is 12.6. The number of carboxylic acids is 1. The van der Waals surface area contributed by atoms with Crippen LogP contribution in [0.5, 0.6) is 0 Å². The maximum Gasteiger partial charge on any atom is 0.311 e. The van der Waals surface area contributed by atoms with Crippen LogP contribution in [-0.4, -0.2) is 16.1 Å². The van der Waals surface area contributed by atoms with Crippen LogP contribution in [0.15, 0.2) is 29.2 Å². The molecule has 1 atom stereocenters. The Morgan fingerprint density at radius 1 is 1.36 bits per heavy atom. The molecular weight excluding hydrogens is 340 g/mol. The van der Waals surface area contributed by atoms with Gasteiger partial charge >= 0.3 is 5.97 Å². The SMILES string of the molecule is Cc1c[nH]c(=O)c(C(C(=O)O)C(C)(C)C)c1-c1cc(Cl)ccc1C#N. The second kappa shape index (κ2) is 6.73. The molecule has 0 saturated heterocycles.